The Labute approximate surface area is 104 Å². The summed E-state index contributed by atoms with van der Waals surface area (Å²) in [7, 11) is 1.67. The monoisotopic (exact) mass is 234 g/mol. The molecule has 1 rings (SSSR count). The first kappa shape index (κ1) is 13.6. The summed E-state index contributed by atoms with van der Waals surface area (Å²) in [5, 5.41) is 0. The highest BCUT2D eigenvalue weighted by atomic mass is 16.5. The summed E-state index contributed by atoms with van der Waals surface area (Å²) in [5.74, 6) is 2.02. The van der Waals surface area contributed by atoms with E-state index in [0.717, 1.165) is 30.9 Å². The largest absolute Gasteiger partial charge is 0.497 e. The number of hydrogen-bond donors (Lipinski definition) is 0. The summed E-state index contributed by atoms with van der Waals surface area (Å²) in [6, 6.07) is 6.01. The van der Waals surface area contributed by atoms with Crippen molar-refractivity contribution in [3.63, 3.8) is 0 Å². The van der Waals surface area contributed by atoms with Crippen LogP contribution in [0.4, 0.5) is 0 Å². The molecule has 1 atom stereocenters. The zero-order chi connectivity index (χ0) is 12.7. The lowest BCUT2D eigenvalue weighted by Gasteiger charge is -2.12. The molecular weight excluding hydrogens is 212 g/mol. The number of hydrogen-bond acceptors (Lipinski definition) is 2. The van der Waals surface area contributed by atoms with Gasteiger partial charge in [0, 0.05) is 6.07 Å². The lowest BCUT2D eigenvalue weighted by molar-refractivity contribution is 0.306. The van der Waals surface area contributed by atoms with Gasteiger partial charge in [0.15, 0.2) is 0 Å². The second-order valence-corrected chi connectivity index (χ2v) is 4.17. The van der Waals surface area contributed by atoms with Crippen LogP contribution in [0.1, 0.15) is 38.2 Å². The molecule has 0 saturated heterocycles. The third-order valence-electron chi connectivity index (χ3n) is 2.78. The Hall–Kier alpha value is -1.44. The van der Waals surface area contributed by atoms with E-state index in [2.05, 4.69) is 26.5 Å². The van der Waals surface area contributed by atoms with Crippen molar-refractivity contribution in [1.29, 1.82) is 0 Å². The highest BCUT2D eigenvalue weighted by Crippen LogP contribution is 2.28. The van der Waals surface area contributed by atoms with Crippen molar-refractivity contribution in [2.45, 2.75) is 32.6 Å². The second-order valence-electron chi connectivity index (χ2n) is 4.17. The Balaban J connectivity index is 2.85. The molecule has 94 valence electrons. The summed E-state index contributed by atoms with van der Waals surface area (Å²) in [4.78, 5) is 0. The van der Waals surface area contributed by atoms with Gasteiger partial charge in [0.1, 0.15) is 11.5 Å². The van der Waals surface area contributed by atoms with Crippen molar-refractivity contribution in [2.24, 2.45) is 0 Å². The number of unbranched alkanes of at least 4 members (excludes halogenated alkanes) is 1. The van der Waals surface area contributed by atoms with Gasteiger partial charge < -0.3 is 9.47 Å². The predicted octanol–water partition coefficient (Wildman–Crippen LogP) is 4.16. The van der Waals surface area contributed by atoms with E-state index in [-0.39, 0.29) is 0 Å². The Kier molecular flexibility index (Phi) is 5.61. The number of rotatable bonds is 7. The topological polar surface area (TPSA) is 18.5 Å². The van der Waals surface area contributed by atoms with E-state index in [1.165, 1.54) is 5.56 Å². The maximum absolute atomic E-state index is 5.71. The van der Waals surface area contributed by atoms with Crippen LogP contribution < -0.4 is 9.47 Å². The van der Waals surface area contributed by atoms with Gasteiger partial charge in [-0.15, -0.1) is 6.58 Å². The van der Waals surface area contributed by atoms with Crippen LogP contribution >= 0.6 is 0 Å². The summed E-state index contributed by atoms with van der Waals surface area (Å²) in [6.07, 6.45) is 4.13. The predicted molar refractivity (Wildman–Crippen MR) is 72.0 cm³/mol. The van der Waals surface area contributed by atoms with Gasteiger partial charge in [-0.3, -0.25) is 0 Å². The van der Waals surface area contributed by atoms with Gasteiger partial charge in [0.05, 0.1) is 13.7 Å². The molecule has 0 spiro atoms. The molecule has 2 nitrogen and oxygen atoms in total. The second kappa shape index (κ2) is 7.00. The molecule has 1 aromatic rings. The number of methoxy groups -OCH3 is 1. The van der Waals surface area contributed by atoms with Gasteiger partial charge in [-0.2, -0.15) is 0 Å². The lowest BCUT2D eigenvalue weighted by atomic mass is 10.0. The van der Waals surface area contributed by atoms with Crippen LogP contribution in [0.2, 0.25) is 0 Å². The summed E-state index contributed by atoms with van der Waals surface area (Å²) < 4.78 is 11.0. The van der Waals surface area contributed by atoms with Crippen LogP contribution in [0.25, 0.3) is 0 Å². The highest BCUT2D eigenvalue weighted by Gasteiger charge is 2.06. The molecule has 0 bridgehead atoms. The minimum atomic E-state index is 0.304. The zero-order valence-corrected chi connectivity index (χ0v) is 11.0. The zero-order valence-electron chi connectivity index (χ0n) is 11.0. The number of ether oxygens (including phenoxy) is 2. The van der Waals surface area contributed by atoms with Gasteiger partial charge in [-0.25, -0.2) is 0 Å². The SMILES string of the molecule is C=CC(C)c1cc(OC)cc(OCCCC)c1. The fourth-order valence-corrected chi connectivity index (χ4v) is 1.53. The summed E-state index contributed by atoms with van der Waals surface area (Å²) >= 11 is 0. The molecule has 0 aliphatic rings. The fraction of sp³-hybridized carbons (Fsp3) is 0.467. The molecule has 0 aliphatic heterocycles. The fourth-order valence-electron chi connectivity index (χ4n) is 1.53. The van der Waals surface area contributed by atoms with Crippen molar-refractivity contribution in [2.75, 3.05) is 13.7 Å². The van der Waals surface area contributed by atoms with Gasteiger partial charge in [0.25, 0.3) is 0 Å². The average Bonchev–Trinajstić information content (AvgIpc) is 2.37. The Bertz CT molecular complexity index is 358. The van der Waals surface area contributed by atoms with Crippen molar-refractivity contribution in [3.8, 4) is 11.5 Å². The first-order chi connectivity index (χ1) is 8.21. The molecule has 0 aliphatic carbocycles. The van der Waals surface area contributed by atoms with E-state index in [1.54, 1.807) is 7.11 Å². The molecule has 0 saturated carbocycles. The molecule has 0 amide bonds. The van der Waals surface area contributed by atoms with Crippen LogP contribution in [-0.2, 0) is 0 Å². The Morgan fingerprint density at radius 3 is 2.59 bits per heavy atom. The van der Waals surface area contributed by atoms with Crippen LogP contribution in [0.3, 0.4) is 0 Å². The summed E-state index contributed by atoms with van der Waals surface area (Å²) in [5.41, 5.74) is 1.17. The van der Waals surface area contributed by atoms with E-state index in [0.29, 0.717) is 5.92 Å². The van der Waals surface area contributed by atoms with Crippen LogP contribution in [0.15, 0.2) is 30.9 Å². The van der Waals surface area contributed by atoms with Gasteiger partial charge in [-0.1, -0.05) is 26.3 Å². The lowest BCUT2D eigenvalue weighted by Crippen LogP contribution is -1.99. The molecule has 2 heteroatoms. The average molecular weight is 234 g/mol. The van der Waals surface area contributed by atoms with E-state index >= 15 is 0 Å². The Morgan fingerprint density at radius 1 is 1.29 bits per heavy atom. The summed E-state index contributed by atoms with van der Waals surface area (Å²) in [6.45, 7) is 8.83. The molecule has 0 heterocycles. The van der Waals surface area contributed by atoms with E-state index in [1.807, 2.05) is 18.2 Å². The maximum Gasteiger partial charge on any atom is 0.123 e. The van der Waals surface area contributed by atoms with Crippen molar-refractivity contribution >= 4 is 0 Å². The van der Waals surface area contributed by atoms with Gasteiger partial charge >= 0.3 is 0 Å². The normalized spacial score (nSPS) is 11.9. The standard InChI is InChI=1S/C15H22O2/c1-5-7-8-17-15-10-13(12(3)6-2)9-14(11-15)16-4/h6,9-12H,2,5,7-8H2,1,3-4H3. The molecule has 1 aromatic carbocycles. The Morgan fingerprint density at radius 2 is 2.00 bits per heavy atom. The molecule has 1 unspecified atom stereocenters. The highest BCUT2D eigenvalue weighted by molar-refractivity contribution is 5.40. The van der Waals surface area contributed by atoms with Crippen LogP contribution in [0, 0.1) is 0 Å². The third-order valence-corrected chi connectivity index (χ3v) is 2.78. The first-order valence-electron chi connectivity index (χ1n) is 6.15. The first-order valence-corrected chi connectivity index (χ1v) is 6.15. The maximum atomic E-state index is 5.71. The van der Waals surface area contributed by atoms with Gasteiger partial charge in [0.2, 0.25) is 0 Å². The van der Waals surface area contributed by atoms with E-state index < -0.39 is 0 Å². The van der Waals surface area contributed by atoms with Crippen molar-refractivity contribution < 1.29 is 9.47 Å². The van der Waals surface area contributed by atoms with Crippen LogP contribution in [0.5, 0.6) is 11.5 Å². The van der Waals surface area contributed by atoms with E-state index in [9.17, 15) is 0 Å². The van der Waals surface area contributed by atoms with Crippen molar-refractivity contribution in [1.82, 2.24) is 0 Å². The molecule has 0 fully saturated rings. The molecule has 17 heavy (non-hydrogen) atoms. The number of allylic oxidation sites excluding steroid dienone is 1. The smallest absolute Gasteiger partial charge is 0.123 e. The quantitative estimate of drug-likeness (QED) is 0.521. The minimum Gasteiger partial charge on any atom is -0.497 e. The van der Waals surface area contributed by atoms with Gasteiger partial charge in [-0.05, 0) is 30.0 Å². The molecule has 0 N–H and O–H groups in total. The number of benzene rings is 1. The molecule has 0 aromatic heterocycles. The van der Waals surface area contributed by atoms with Crippen LogP contribution in [-0.4, -0.2) is 13.7 Å². The minimum absolute atomic E-state index is 0.304. The molecule has 0 radical (unpaired) electrons. The van der Waals surface area contributed by atoms with Crippen molar-refractivity contribution in [3.05, 3.63) is 36.4 Å². The third kappa shape index (κ3) is 4.14. The van der Waals surface area contributed by atoms with E-state index in [4.69, 9.17) is 9.47 Å². The molecular formula is C15H22O2.